The molecule has 3 rings (SSSR count). The molecular formula is C16H12F3N5OS. The van der Waals surface area contributed by atoms with Crippen molar-refractivity contribution in [3.8, 4) is 11.9 Å². The van der Waals surface area contributed by atoms with Gasteiger partial charge in [0.1, 0.15) is 17.5 Å². The van der Waals surface area contributed by atoms with E-state index in [9.17, 15) is 18.4 Å². The van der Waals surface area contributed by atoms with E-state index >= 15 is 0 Å². The molecule has 0 fully saturated rings. The van der Waals surface area contributed by atoms with Crippen molar-refractivity contribution in [2.45, 2.75) is 17.3 Å². The number of nitriles is 1. The molecule has 0 amide bonds. The van der Waals surface area contributed by atoms with Gasteiger partial charge in [-0.15, -0.1) is 0 Å². The van der Waals surface area contributed by atoms with Crippen LogP contribution in [0.3, 0.4) is 0 Å². The Hall–Kier alpha value is -2.93. The molecule has 1 aromatic carbocycles. The zero-order chi connectivity index (χ0) is 19.1. The molecular weight excluding hydrogens is 367 g/mol. The molecule has 0 bridgehead atoms. The molecule has 0 saturated heterocycles. The van der Waals surface area contributed by atoms with E-state index < -0.39 is 17.7 Å². The quantitative estimate of drug-likeness (QED) is 0.609. The molecule has 0 radical (unpaired) electrons. The maximum absolute atomic E-state index is 12.8. The number of hydrogen-bond acceptors (Lipinski definition) is 7. The van der Waals surface area contributed by atoms with Crippen LogP contribution in [0, 0.1) is 11.3 Å². The van der Waals surface area contributed by atoms with E-state index in [2.05, 4.69) is 9.97 Å². The molecule has 0 spiro atoms. The minimum absolute atomic E-state index is 0.0319. The first-order valence-corrected chi connectivity index (χ1v) is 8.45. The number of nitrogens with two attached hydrogens (primary N) is 2. The summed E-state index contributed by atoms with van der Waals surface area (Å²) >= 11 is 1.24. The van der Waals surface area contributed by atoms with Crippen LogP contribution in [0.2, 0.25) is 0 Å². The molecule has 4 N–H and O–H groups in total. The number of alkyl halides is 3. The highest BCUT2D eigenvalue weighted by Crippen LogP contribution is 2.44. The molecule has 26 heavy (non-hydrogen) atoms. The maximum Gasteiger partial charge on any atom is 0.416 e. The lowest BCUT2D eigenvalue weighted by molar-refractivity contribution is -0.137. The second-order valence-corrected chi connectivity index (χ2v) is 6.13. The molecule has 134 valence electrons. The van der Waals surface area contributed by atoms with Crippen molar-refractivity contribution < 1.29 is 17.9 Å². The van der Waals surface area contributed by atoms with E-state index in [1.807, 2.05) is 6.07 Å². The fraction of sp³-hybridized carbons (Fsp3) is 0.188. The molecule has 6 nitrogen and oxygen atoms in total. The summed E-state index contributed by atoms with van der Waals surface area (Å²) in [6, 6.07) is 6.35. The summed E-state index contributed by atoms with van der Waals surface area (Å²) < 4.78 is 43.8. The van der Waals surface area contributed by atoms with Crippen LogP contribution in [0.5, 0.6) is 5.88 Å². The van der Waals surface area contributed by atoms with Crippen LogP contribution in [-0.4, -0.2) is 16.2 Å². The van der Waals surface area contributed by atoms with Gasteiger partial charge in [-0.2, -0.15) is 23.4 Å². The first-order valence-electron chi connectivity index (χ1n) is 7.22. The van der Waals surface area contributed by atoms with Crippen LogP contribution in [0.15, 0.2) is 40.9 Å². The van der Waals surface area contributed by atoms with E-state index in [4.69, 9.17) is 16.2 Å². The number of halogens is 3. The van der Waals surface area contributed by atoms with Gasteiger partial charge in [0.2, 0.25) is 11.8 Å². The first kappa shape index (κ1) is 17.9. The summed E-state index contributed by atoms with van der Waals surface area (Å²) in [4.78, 5) is 8.32. The van der Waals surface area contributed by atoms with Crippen molar-refractivity contribution in [2.24, 2.45) is 5.73 Å². The summed E-state index contributed by atoms with van der Waals surface area (Å²) in [6.07, 6.45) is -2.72. The van der Waals surface area contributed by atoms with Gasteiger partial charge in [0.25, 0.3) is 0 Å². The second kappa shape index (κ2) is 6.42. The minimum atomic E-state index is -4.46. The Bertz CT molecular complexity index is 935. The molecule has 1 aromatic heterocycles. The van der Waals surface area contributed by atoms with Crippen molar-refractivity contribution in [2.75, 3.05) is 12.0 Å². The van der Waals surface area contributed by atoms with Crippen LogP contribution in [0.4, 0.5) is 19.0 Å². The van der Waals surface area contributed by atoms with Gasteiger partial charge >= 0.3 is 6.18 Å². The van der Waals surface area contributed by atoms with Gasteiger partial charge in [-0.25, -0.2) is 4.98 Å². The van der Waals surface area contributed by atoms with Crippen LogP contribution in [0.1, 0.15) is 22.6 Å². The van der Waals surface area contributed by atoms with Crippen molar-refractivity contribution >= 4 is 17.6 Å². The molecule has 0 unspecified atom stereocenters. The number of fused-ring (bicyclic) bond motifs is 1. The van der Waals surface area contributed by atoms with Gasteiger partial charge in [-0.3, -0.25) is 0 Å². The number of benzene rings is 1. The summed E-state index contributed by atoms with van der Waals surface area (Å²) in [7, 11) is 0. The zero-order valence-electron chi connectivity index (χ0n) is 13.3. The predicted octanol–water partition coefficient (Wildman–Crippen LogP) is 3.02. The standard InChI is InChI=1S/C16H12F3N5OS/c1-26-15-23-12(21)11-10(9(6-20)13(22)25-14(11)24-15)7-2-4-8(5-3-7)16(17,18)19/h2-5,10H,22H2,1H3,(H2,21,23,24)/t10-/m1/s1. The molecule has 1 aliphatic rings. The number of nitrogen functional groups attached to an aromatic ring is 1. The van der Waals surface area contributed by atoms with Gasteiger partial charge in [0.15, 0.2) is 5.16 Å². The zero-order valence-corrected chi connectivity index (χ0v) is 14.1. The third-order valence-electron chi connectivity index (χ3n) is 3.84. The fourth-order valence-corrected chi connectivity index (χ4v) is 3.01. The number of allylic oxidation sites excluding steroid dienone is 1. The molecule has 2 aromatic rings. The summed E-state index contributed by atoms with van der Waals surface area (Å²) in [6.45, 7) is 0. The number of anilines is 1. The van der Waals surface area contributed by atoms with Crippen molar-refractivity contribution in [1.82, 2.24) is 9.97 Å². The van der Waals surface area contributed by atoms with Gasteiger partial charge in [-0.1, -0.05) is 23.9 Å². The highest BCUT2D eigenvalue weighted by Gasteiger charge is 2.36. The normalized spacial score (nSPS) is 16.7. The van der Waals surface area contributed by atoms with Crippen LogP contribution < -0.4 is 16.2 Å². The van der Waals surface area contributed by atoms with Gasteiger partial charge in [-0.05, 0) is 24.0 Å². The molecule has 2 heterocycles. The van der Waals surface area contributed by atoms with Crippen LogP contribution in [0.25, 0.3) is 0 Å². The Balaban J connectivity index is 2.18. The number of hydrogen-bond donors (Lipinski definition) is 2. The average Bonchev–Trinajstić information content (AvgIpc) is 2.59. The Morgan fingerprint density at radius 1 is 1.19 bits per heavy atom. The predicted molar refractivity (Wildman–Crippen MR) is 89.0 cm³/mol. The Labute approximate surface area is 150 Å². The van der Waals surface area contributed by atoms with Crippen LogP contribution >= 0.6 is 11.8 Å². The number of aromatic nitrogens is 2. The Morgan fingerprint density at radius 3 is 2.38 bits per heavy atom. The Kier molecular flexibility index (Phi) is 4.41. The lowest BCUT2D eigenvalue weighted by atomic mass is 9.84. The van der Waals surface area contributed by atoms with Crippen LogP contribution in [-0.2, 0) is 6.18 Å². The van der Waals surface area contributed by atoms with Crippen molar-refractivity contribution in [3.63, 3.8) is 0 Å². The monoisotopic (exact) mass is 379 g/mol. The summed E-state index contributed by atoms with van der Waals surface area (Å²) in [5.41, 5.74) is 11.8. The molecule has 0 saturated carbocycles. The van der Waals surface area contributed by atoms with Gasteiger partial charge in [0, 0.05) is 0 Å². The largest absolute Gasteiger partial charge is 0.422 e. The Morgan fingerprint density at radius 2 is 1.85 bits per heavy atom. The molecule has 1 aliphatic heterocycles. The molecule has 10 heteroatoms. The topological polar surface area (TPSA) is 111 Å². The van der Waals surface area contributed by atoms with Crippen molar-refractivity contribution in [3.05, 3.63) is 52.4 Å². The smallest absolute Gasteiger partial charge is 0.416 e. The second-order valence-electron chi connectivity index (χ2n) is 5.36. The van der Waals surface area contributed by atoms with E-state index in [0.29, 0.717) is 16.3 Å². The number of rotatable bonds is 2. The summed E-state index contributed by atoms with van der Waals surface area (Å²) in [5.74, 6) is -0.829. The van der Waals surface area contributed by atoms with E-state index in [0.717, 1.165) is 12.1 Å². The number of ether oxygens (including phenoxy) is 1. The van der Waals surface area contributed by atoms with E-state index in [1.165, 1.54) is 23.9 Å². The van der Waals surface area contributed by atoms with E-state index in [1.54, 1.807) is 6.26 Å². The van der Waals surface area contributed by atoms with E-state index in [-0.39, 0.29) is 23.2 Å². The lowest BCUT2D eigenvalue weighted by Crippen LogP contribution is -2.23. The van der Waals surface area contributed by atoms with Crippen molar-refractivity contribution in [1.29, 1.82) is 5.26 Å². The minimum Gasteiger partial charge on any atom is -0.422 e. The number of nitrogens with zero attached hydrogens (tertiary/aromatic N) is 3. The van der Waals surface area contributed by atoms with Gasteiger partial charge < -0.3 is 16.2 Å². The molecule has 0 aliphatic carbocycles. The average molecular weight is 379 g/mol. The third-order valence-corrected chi connectivity index (χ3v) is 4.39. The lowest BCUT2D eigenvalue weighted by Gasteiger charge is -2.26. The molecule has 1 atom stereocenters. The maximum atomic E-state index is 12.8. The summed E-state index contributed by atoms with van der Waals surface area (Å²) in [5, 5.41) is 9.81. The van der Waals surface area contributed by atoms with Gasteiger partial charge in [0.05, 0.1) is 17.0 Å². The highest BCUT2D eigenvalue weighted by atomic mass is 32.2. The highest BCUT2D eigenvalue weighted by molar-refractivity contribution is 7.98. The number of thioether (sulfide) groups is 1. The SMILES string of the molecule is CSc1nc(N)c2c(n1)OC(N)=C(C#N)[C@H]2c1ccc(C(F)(F)F)cc1. The third kappa shape index (κ3) is 3.01. The fourth-order valence-electron chi connectivity index (χ4n) is 2.65. The first-order chi connectivity index (χ1) is 12.3.